The topological polar surface area (TPSA) is 70.7 Å². The lowest BCUT2D eigenvalue weighted by Crippen LogP contribution is -2.43. The van der Waals surface area contributed by atoms with Gasteiger partial charge >= 0.3 is 0 Å². The van der Waals surface area contributed by atoms with Crippen molar-refractivity contribution in [2.75, 3.05) is 24.3 Å². The highest BCUT2D eigenvalue weighted by Crippen LogP contribution is 2.25. The number of para-hydroxylation sites is 2. The number of benzene rings is 2. The zero-order chi connectivity index (χ0) is 21.5. The first-order chi connectivity index (χ1) is 14.5. The lowest BCUT2D eigenvalue weighted by molar-refractivity contribution is -0.118. The van der Waals surface area contributed by atoms with Crippen LogP contribution in [-0.4, -0.2) is 42.5 Å². The summed E-state index contributed by atoms with van der Waals surface area (Å²) in [5.41, 5.74) is 1.81. The molecule has 2 N–H and O–H groups in total. The summed E-state index contributed by atoms with van der Waals surface area (Å²) < 4.78 is 5.26. The Balaban J connectivity index is 1.58. The van der Waals surface area contributed by atoms with Gasteiger partial charge in [-0.15, -0.1) is 0 Å². The standard InChI is InChI=1S/C24H31N3O3/c1-17(2)27(20-8-4-5-9-20)16-23(28)25-19-14-12-18(13-15-19)24(29)26-21-10-6-7-11-22(21)30-3/h6-7,10-15,17,20H,4-5,8-9,16H2,1-3H3,(H,25,28)(H,26,29). The first-order valence-electron chi connectivity index (χ1n) is 10.6. The molecule has 0 atom stereocenters. The third-order valence-electron chi connectivity index (χ3n) is 5.57. The van der Waals surface area contributed by atoms with Gasteiger partial charge in [0.2, 0.25) is 5.91 Å². The van der Waals surface area contributed by atoms with Crippen molar-refractivity contribution in [2.24, 2.45) is 0 Å². The molecule has 1 aliphatic rings. The summed E-state index contributed by atoms with van der Waals surface area (Å²) in [5.74, 6) is 0.345. The Morgan fingerprint density at radius 1 is 1.03 bits per heavy atom. The summed E-state index contributed by atoms with van der Waals surface area (Å²) in [6, 6.07) is 15.0. The van der Waals surface area contributed by atoms with Gasteiger partial charge in [-0.3, -0.25) is 14.5 Å². The van der Waals surface area contributed by atoms with E-state index in [2.05, 4.69) is 29.4 Å². The minimum Gasteiger partial charge on any atom is -0.495 e. The first kappa shape index (κ1) is 21.8. The van der Waals surface area contributed by atoms with E-state index in [1.54, 1.807) is 43.5 Å². The van der Waals surface area contributed by atoms with Gasteiger partial charge in [-0.05, 0) is 63.1 Å². The number of carbonyl (C=O) groups is 2. The Hall–Kier alpha value is -2.86. The molecule has 2 aromatic carbocycles. The van der Waals surface area contributed by atoms with Gasteiger partial charge in [-0.2, -0.15) is 0 Å². The van der Waals surface area contributed by atoms with E-state index in [0.717, 1.165) is 0 Å². The molecule has 0 saturated heterocycles. The molecule has 1 aliphatic carbocycles. The molecule has 2 aromatic rings. The van der Waals surface area contributed by atoms with Crippen molar-refractivity contribution >= 4 is 23.2 Å². The van der Waals surface area contributed by atoms with Crippen LogP contribution in [0.3, 0.4) is 0 Å². The Morgan fingerprint density at radius 3 is 2.33 bits per heavy atom. The van der Waals surface area contributed by atoms with Crippen LogP contribution in [0.5, 0.6) is 5.75 Å². The number of ether oxygens (including phenoxy) is 1. The monoisotopic (exact) mass is 409 g/mol. The number of carbonyl (C=O) groups excluding carboxylic acids is 2. The van der Waals surface area contributed by atoms with Gasteiger partial charge in [0.1, 0.15) is 5.75 Å². The minimum atomic E-state index is -0.232. The van der Waals surface area contributed by atoms with Gasteiger partial charge in [-0.1, -0.05) is 25.0 Å². The van der Waals surface area contributed by atoms with Crippen molar-refractivity contribution in [3.63, 3.8) is 0 Å². The molecule has 0 spiro atoms. The van der Waals surface area contributed by atoms with E-state index in [1.165, 1.54) is 25.7 Å². The molecule has 0 heterocycles. The third kappa shape index (κ3) is 5.60. The van der Waals surface area contributed by atoms with Gasteiger partial charge in [0.25, 0.3) is 5.91 Å². The van der Waals surface area contributed by atoms with Crippen molar-refractivity contribution in [3.05, 3.63) is 54.1 Å². The van der Waals surface area contributed by atoms with Crippen LogP contribution in [0.15, 0.2) is 48.5 Å². The van der Waals surface area contributed by atoms with Crippen LogP contribution in [0.25, 0.3) is 0 Å². The minimum absolute atomic E-state index is 0.0261. The van der Waals surface area contributed by atoms with E-state index in [9.17, 15) is 9.59 Å². The second-order valence-corrected chi connectivity index (χ2v) is 7.98. The number of hydrogen-bond donors (Lipinski definition) is 2. The van der Waals surface area contributed by atoms with E-state index in [0.29, 0.717) is 41.3 Å². The molecule has 0 unspecified atom stereocenters. The smallest absolute Gasteiger partial charge is 0.255 e. The molecule has 30 heavy (non-hydrogen) atoms. The lowest BCUT2D eigenvalue weighted by Gasteiger charge is -2.31. The molecule has 0 aromatic heterocycles. The first-order valence-corrected chi connectivity index (χ1v) is 10.6. The number of nitrogens with one attached hydrogen (secondary N) is 2. The number of hydrogen-bond acceptors (Lipinski definition) is 4. The van der Waals surface area contributed by atoms with Gasteiger partial charge in [-0.25, -0.2) is 0 Å². The Labute approximate surface area is 178 Å². The van der Waals surface area contributed by atoms with Crippen LogP contribution in [0, 0.1) is 0 Å². The number of amides is 2. The molecule has 0 radical (unpaired) electrons. The molecular weight excluding hydrogens is 378 g/mol. The summed E-state index contributed by atoms with van der Waals surface area (Å²) in [5, 5.41) is 5.80. The summed E-state index contributed by atoms with van der Waals surface area (Å²) in [6.07, 6.45) is 4.82. The maximum atomic E-state index is 12.6. The predicted octanol–water partition coefficient (Wildman–Crippen LogP) is 4.54. The van der Waals surface area contributed by atoms with Crippen molar-refractivity contribution in [1.82, 2.24) is 4.90 Å². The Bertz CT molecular complexity index is 858. The number of methoxy groups -OCH3 is 1. The molecule has 2 amide bonds. The van der Waals surface area contributed by atoms with Crippen LogP contribution in [0.1, 0.15) is 49.9 Å². The van der Waals surface area contributed by atoms with E-state index in [4.69, 9.17) is 4.74 Å². The Kier molecular flexibility index (Phi) is 7.46. The molecule has 1 fully saturated rings. The second-order valence-electron chi connectivity index (χ2n) is 7.98. The summed E-state index contributed by atoms with van der Waals surface area (Å²) in [6.45, 7) is 4.67. The van der Waals surface area contributed by atoms with Crippen LogP contribution >= 0.6 is 0 Å². The van der Waals surface area contributed by atoms with Crippen molar-refractivity contribution in [3.8, 4) is 5.75 Å². The fourth-order valence-corrected chi connectivity index (χ4v) is 3.98. The van der Waals surface area contributed by atoms with Crippen LogP contribution in [-0.2, 0) is 4.79 Å². The molecule has 6 heteroatoms. The van der Waals surface area contributed by atoms with E-state index >= 15 is 0 Å². The number of nitrogens with zero attached hydrogens (tertiary/aromatic N) is 1. The highest BCUT2D eigenvalue weighted by Gasteiger charge is 2.26. The average molecular weight is 410 g/mol. The van der Waals surface area contributed by atoms with Crippen LogP contribution < -0.4 is 15.4 Å². The summed E-state index contributed by atoms with van der Waals surface area (Å²) >= 11 is 0. The van der Waals surface area contributed by atoms with Gasteiger partial charge < -0.3 is 15.4 Å². The maximum absolute atomic E-state index is 12.6. The zero-order valence-electron chi connectivity index (χ0n) is 18.0. The normalized spacial score (nSPS) is 14.2. The quantitative estimate of drug-likeness (QED) is 0.672. The fraction of sp³-hybridized carbons (Fsp3) is 0.417. The van der Waals surface area contributed by atoms with Gasteiger partial charge in [0.05, 0.1) is 19.3 Å². The fourth-order valence-electron chi connectivity index (χ4n) is 3.98. The zero-order valence-corrected chi connectivity index (χ0v) is 18.0. The third-order valence-corrected chi connectivity index (χ3v) is 5.57. The summed E-state index contributed by atoms with van der Waals surface area (Å²) in [4.78, 5) is 27.4. The molecule has 1 saturated carbocycles. The SMILES string of the molecule is COc1ccccc1NC(=O)c1ccc(NC(=O)CN(C(C)C)C2CCCC2)cc1. The molecule has 0 aliphatic heterocycles. The lowest BCUT2D eigenvalue weighted by atomic mass is 10.1. The Morgan fingerprint density at radius 2 is 1.70 bits per heavy atom. The summed E-state index contributed by atoms with van der Waals surface area (Å²) in [7, 11) is 1.57. The maximum Gasteiger partial charge on any atom is 0.255 e. The molecule has 3 rings (SSSR count). The second kappa shape index (κ2) is 10.3. The molecule has 0 bridgehead atoms. The molecule has 160 valence electrons. The molecule has 6 nitrogen and oxygen atoms in total. The highest BCUT2D eigenvalue weighted by atomic mass is 16.5. The van der Waals surface area contributed by atoms with E-state index < -0.39 is 0 Å². The van der Waals surface area contributed by atoms with Crippen molar-refractivity contribution < 1.29 is 14.3 Å². The predicted molar refractivity (Wildman–Crippen MR) is 120 cm³/mol. The molecular formula is C24H31N3O3. The van der Waals surface area contributed by atoms with Gasteiger partial charge in [0.15, 0.2) is 0 Å². The van der Waals surface area contributed by atoms with E-state index in [1.807, 2.05) is 12.1 Å². The van der Waals surface area contributed by atoms with Crippen LogP contribution in [0.2, 0.25) is 0 Å². The van der Waals surface area contributed by atoms with Crippen molar-refractivity contribution in [2.45, 2.75) is 51.6 Å². The largest absolute Gasteiger partial charge is 0.495 e. The van der Waals surface area contributed by atoms with E-state index in [-0.39, 0.29) is 11.8 Å². The van der Waals surface area contributed by atoms with Gasteiger partial charge in [0, 0.05) is 23.3 Å². The van der Waals surface area contributed by atoms with Crippen LogP contribution in [0.4, 0.5) is 11.4 Å². The highest BCUT2D eigenvalue weighted by molar-refractivity contribution is 6.05. The number of anilines is 2. The van der Waals surface area contributed by atoms with Crippen molar-refractivity contribution in [1.29, 1.82) is 0 Å². The number of rotatable bonds is 8. The average Bonchev–Trinajstić information content (AvgIpc) is 3.27.